The molecule has 6 nitrogen and oxygen atoms in total. The van der Waals surface area contributed by atoms with Crippen LogP contribution in [0.1, 0.15) is 46.4 Å². The molecule has 36 heavy (non-hydrogen) atoms. The minimum atomic E-state index is -0.147. The molecule has 3 heterocycles. The lowest BCUT2D eigenvalue weighted by molar-refractivity contribution is 0.0792. The molecule has 1 aliphatic rings. The van der Waals surface area contributed by atoms with Gasteiger partial charge >= 0.3 is 0 Å². The molecule has 0 aliphatic carbocycles. The Kier molecular flexibility index (Phi) is 6.86. The maximum atomic E-state index is 9.81. The van der Waals surface area contributed by atoms with Crippen molar-refractivity contribution >= 4 is 34.4 Å². The summed E-state index contributed by atoms with van der Waals surface area (Å²) in [5.74, 6) is 0. The van der Waals surface area contributed by atoms with Gasteiger partial charge in [0.1, 0.15) is 6.07 Å². The maximum absolute atomic E-state index is 9.81. The molecule has 3 N–H and O–H groups in total. The molecule has 1 saturated heterocycles. The van der Waals surface area contributed by atoms with Crippen molar-refractivity contribution < 1.29 is 5.11 Å². The molecule has 6 heteroatoms. The first kappa shape index (κ1) is 23.8. The van der Waals surface area contributed by atoms with Crippen LogP contribution in [0.5, 0.6) is 0 Å². The molecule has 5 rings (SSSR count). The molecule has 0 saturated carbocycles. The highest BCUT2D eigenvalue weighted by Crippen LogP contribution is 2.32. The Hall–Kier alpha value is -3.92. The van der Waals surface area contributed by atoms with Crippen LogP contribution in [0.2, 0.25) is 0 Å². The second-order valence-electron chi connectivity index (χ2n) is 9.54. The fraction of sp³-hybridized carbons (Fsp3) is 0.267. The van der Waals surface area contributed by atoms with E-state index in [-0.39, 0.29) is 6.10 Å². The van der Waals surface area contributed by atoms with Crippen molar-refractivity contribution in [3.8, 4) is 6.07 Å². The van der Waals surface area contributed by atoms with E-state index in [4.69, 9.17) is 0 Å². The number of rotatable bonds is 6. The number of aryl methyl sites for hydroxylation is 2. The second-order valence-corrected chi connectivity index (χ2v) is 9.54. The Bertz CT molecular complexity index is 1440. The average Bonchev–Trinajstić information content (AvgIpc) is 3.37. The molecule has 0 radical (unpaired) electrons. The van der Waals surface area contributed by atoms with Crippen molar-refractivity contribution in [3.05, 3.63) is 88.4 Å². The van der Waals surface area contributed by atoms with Gasteiger partial charge in [0.05, 0.1) is 17.4 Å². The van der Waals surface area contributed by atoms with Gasteiger partial charge in [-0.15, -0.1) is 0 Å². The number of piperidine rings is 1. The summed E-state index contributed by atoms with van der Waals surface area (Å²) in [7, 11) is 0. The molecule has 1 fully saturated rings. The number of likely N-dealkylation sites (tertiary alicyclic amines) is 1. The van der Waals surface area contributed by atoms with Crippen molar-refractivity contribution in [1.82, 2.24) is 14.9 Å². The van der Waals surface area contributed by atoms with Crippen molar-refractivity contribution in [1.29, 1.82) is 5.26 Å². The van der Waals surface area contributed by atoms with E-state index in [9.17, 15) is 10.4 Å². The number of anilines is 2. The van der Waals surface area contributed by atoms with Crippen LogP contribution in [0.15, 0.2) is 54.9 Å². The summed E-state index contributed by atoms with van der Waals surface area (Å²) in [4.78, 5) is 10.1. The summed E-state index contributed by atoms with van der Waals surface area (Å²) in [6.45, 7) is 6.84. The van der Waals surface area contributed by atoms with Gasteiger partial charge in [-0.2, -0.15) is 5.26 Å². The molecule has 4 aromatic rings. The van der Waals surface area contributed by atoms with Crippen molar-refractivity contribution in [2.24, 2.45) is 0 Å². The van der Waals surface area contributed by atoms with Gasteiger partial charge in [-0.25, -0.2) is 0 Å². The molecule has 0 amide bonds. The van der Waals surface area contributed by atoms with E-state index in [1.54, 1.807) is 6.20 Å². The lowest BCUT2D eigenvalue weighted by atomic mass is 10.0. The first-order valence-corrected chi connectivity index (χ1v) is 12.4. The SMILES string of the molecule is Cc1ncc(C#N)c(Nc2ccc3[nH]ccc3c2C)c1/C=C/c1ccc(CN2CCC(O)CC2)cc1. The third-order valence-corrected chi connectivity index (χ3v) is 7.09. The molecule has 182 valence electrons. The molecule has 0 bridgehead atoms. The number of nitriles is 1. The number of nitrogens with zero attached hydrogens (tertiary/aromatic N) is 3. The molecule has 1 aliphatic heterocycles. The summed E-state index contributed by atoms with van der Waals surface area (Å²) in [5, 5.41) is 24.2. The minimum Gasteiger partial charge on any atom is -0.393 e. The third-order valence-electron chi connectivity index (χ3n) is 7.09. The first-order valence-electron chi connectivity index (χ1n) is 12.4. The largest absolute Gasteiger partial charge is 0.393 e. The van der Waals surface area contributed by atoms with Gasteiger partial charge in [0.2, 0.25) is 0 Å². The summed E-state index contributed by atoms with van der Waals surface area (Å²) < 4.78 is 0. The Morgan fingerprint density at radius 3 is 2.64 bits per heavy atom. The van der Waals surface area contributed by atoms with Crippen LogP contribution in [-0.4, -0.2) is 39.2 Å². The van der Waals surface area contributed by atoms with E-state index in [1.807, 2.05) is 31.3 Å². The van der Waals surface area contributed by atoms with Gasteiger partial charge in [0, 0.05) is 59.9 Å². The van der Waals surface area contributed by atoms with Gasteiger partial charge in [0.15, 0.2) is 0 Å². The molecular weight excluding hydrogens is 446 g/mol. The van der Waals surface area contributed by atoms with E-state index in [2.05, 4.69) is 69.6 Å². The number of aromatic nitrogens is 2. The Labute approximate surface area is 211 Å². The van der Waals surface area contributed by atoms with Crippen molar-refractivity contribution in [2.75, 3.05) is 18.4 Å². The number of aliphatic hydroxyl groups excluding tert-OH is 1. The number of hydrogen-bond acceptors (Lipinski definition) is 5. The summed E-state index contributed by atoms with van der Waals surface area (Å²) in [6.07, 6.45) is 9.24. The fourth-order valence-electron chi connectivity index (χ4n) is 4.85. The number of pyridine rings is 1. The Balaban J connectivity index is 1.39. The zero-order chi connectivity index (χ0) is 25.1. The predicted octanol–water partition coefficient (Wildman–Crippen LogP) is 5.92. The normalized spacial score (nSPS) is 14.9. The number of benzene rings is 2. The molecule has 0 atom stereocenters. The maximum Gasteiger partial charge on any atom is 0.103 e. The molecule has 0 spiro atoms. The fourth-order valence-corrected chi connectivity index (χ4v) is 4.85. The molecular formula is C30H31N5O. The van der Waals surface area contributed by atoms with E-state index >= 15 is 0 Å². The van der Waals surface area contributed by atoms with Crippen LogP contribution in [0.25, 0.3) is 23.1 Å². The summed E-state index contributed by atoms with van der Waals surface area (Å²) in [6, 6.07) is 17.0. The minimum absolute atomic E-state index is 0.147. The van der Waals surface area contributed by atoms with Gasteiger partial charge < -0.3 is 15.4 Å². The number of nitrogens with one attached hydrogen (secondary N) is 2. The van der Waals surface area contributed by atoms with Crippen LogP contribution >= 0.6 is 0 Å². The van der Waals surface area contributed by atoms with Gasteiger partial charge in [-0.05, 0) is 61.6 Å². The van der Waals surface area contributed by atoms with Gasteiger partial charge in [-0.3, -0.25) is 9.88 Å². The summed E-state index contributed by atoms with van der Waals surface area (Å²) in [5.41, 5.74) is 8.58. The highest BCUT2D eigenvalue weighted by Gasteiger charge is 2.17. The Morgan fingerprint density at radius 2 is 1.89 bits per heavy atom. The average molecular weight is 478 g/mol. The van der Waals surface area contributed by atoms with Crippen molar-refractivity contribution in [3.63, 3.8) is 0 Å². The number of fused-ring (bicyclic) bond motifs is 1. The number of H-pyrrole nitrogens is 1. The van der Waals surface area contributed by atoms with Crippen LogP contribution in [0, 0.1) is 25.2 Å². The third kappa shape index (κ3) is 5.03. The van der Waals surface area contributed by atoms with Gasteiger partial charge in [-0.1, -0.05) is 36.4 Å². The van der Waals surface area contributed by atoms with Crippen LogP contribution in [-0.2, 0) is 6.54 Å². The Morgan fingerprint density at radius 1 is 1.11 bits per heavy atom. The second kappa shape index (κ2) is 10.4. The number of hydrogen-bond donors (Lipinski definition) is 3. The van der Waals surface area contributed by atoms with E-state index in [0.29, 0.717) is 5.56 Å². The molecule has 2 aromatic heterocycles. The smallest absolute Gasteiger partial charge is 0.103 e. The monoisotopic (exact) mass is 477 g/mol. The zero-order valence-electron chi connectivity index (χ0n) is 20.8. The standard InChI is InChI=1S/C30H31N5O/c1-20-26-11-14-32-29(26)10-9-28(20)34-30-24(17-31)18-33-21(2)27(30)8-7-22-3-5-23(6-4-22)19-35-15-12-25(36)13-16-35/h3-11,14,18,25,32,36H,12-13,15-16,19H2,1-2H3,(H,33,34)/b8-7+. The van der Waals surface area contributed by atoms with Crippen molar-refractivity contribution in [2.45, 2.75) is 39.3 Å². The summed E-state index contributed by atoms with van der Waals surface area (Å²) >= 11 is 0. The van der Waals surface area contributed by atoms with E-state index in [1.165, 1.54) is 5.56 Å². The van der Waals surface area contributed by atoms with Crippen LogP contribution in [0.3, 0.4) is 0 Å². The van der Waals surface area contributed by atoms with Crippen LogP contribution in [0.4, 0.5) is 11.4 Å². The van der Waals surface area contributed by atoms with E-state index < -0.39 is 0 Å². The molecule has 2 aromatic carbocycles. The zero-order valence-corrected chi connectivity index (χ0v) is 20.8. The highest BCUT2D eigenvalue weighted by atomic mass is 16.3. The lowest BCUT2D eigenvalue weighted by Gasteiger charge is -2.29. The quantitative estimate of drug-likeness (QED) is 0.321. The number of aromatic amines is 1. The number of aliphatic hydroxyl groups is 1. The highest BCUT2D eigenvalue weighted by molar-refractivity contribution is 5.90. The van der Waals surface area contributed by atoms with Gasteiger partial charge in [0.25, 0.3) is 0 Å². The molecule has 0 unspecified atom stereocenters. The van der Waals surface area contributed by atoms with E-state index in [0.717, 1.165) is 77.1 Å². The van der Waals surface area contributed by atoms with Crippen LogP contribution < -0.4 is 5.32 Å². The topological polar surface area (TPSA) is 88.0 Å². The first-order chi connectivity index (χ1) is 17.5. The predicted molar refractivity (Wildman–Crippen MR) is 146 cm³/mol. The lowest BCUT2D eigenvalue weighted by Crippen LogP contribution is -2.35.